The molecule has 0 spiro atoms. The van der Waals surface area contributed by atoms with Gasteiger partial charge >= 0.3 is 5.97 Å². The third-order valence-electron chi connectivity index (χ3n) is 4.43. The highest BCUT2D eigenvalue weighted by Crippen LogP contribution is 2.31. The highest BCUT2D eigenvalue weighted by atomic mass is 19.2. The molecule has 0 N–H and O–H groups in total. The van der Waals surface area contributed by atoms with Crippen molar-refractivity contribution in [2.45, 2.75) is 12.8 Å². The van der Waals surface area contributed by atoms with Gasteiger partial charge in [0.05, 0.1) is 10.5 Å². The molecule has 7 nitrogen and oxygen atoms in total. The number of nitro benzene ring substituents is 1. The SMILES string of the molecule is O=C(COC(=O)c1ccc(N2CCCC2)c([N+](=O)[O-])c1)c1ccc(F)c(F)c1. The third-order valence-corrected chi connectivity index (χ3v) is 4.43. The molecule has 0 bridgehead atoms. The monoisotopic (exact) mass is 390 g/mol. The average Bonchev–Trinajstić information content (AvgIpc) is 3.22. The van der Waals surface area contributed by atoms with Crippen molar-refractivity contribution in [1.82, 2.24) is 0 Å². The largest absolute Gasteiger partial charge is 0.454 e. The Labute approximate surface area is 158 Å². The first-order chi connectivity index (χ1) is 13.4. The Bertz CT molecular complexity index is 942. The van der Waals surface area contributed by atoms with Crippen molar-refractivity contribution in [2.75, 3.05) is 24.6 Å². The van der Waals surface area contributed by atoms with Crippen LogP contribution in [-0.4, -0.2) is 36.4 Å². The number of carbonyl (C=O) groups is 2. The molecule has 0 unspecified atom stereocenters. The summed E-state index contributed by atoms with van der Waals surface area (Å²) in [5.41, 5.74) is -0.0185. The zero-order chi connectivity index (χ0) is 20.3. The van der Waals surface area contributed by atoms with Gasteiger partial charge in [-0.25, -0.2) is 13.6 Å². The summed E-state index contributed by atoms with van der Waals surface area (Å²) in [7, 11) is 0. The molecule has 1 aliphatic rings. The van der Waals surface area contributed by atoms with Crippen LogP contribution in [0.5, 0.6) is 0 Å². The van der Waals surface area contributed by atoms with Gasteiger partial charge in [0, 0.05) is 24.7 Å². The first kappa shape index (κ1) is 19.4. The predicted molar refractivity (Wildman–Crippen MR) is 95.5 cm³/mol. The standard InChI is InChI=1S/C19H16F2N2O5/c20-14-5-3-12(9-15(14)21)18(24)11-28-19(25)13-4-6-16(17(10-13)23(26)27)22-7-1-2-8-22/h3-6,9-10H,1-2,7-8,11H2. The summed E-state index contributed by atoms with van der Waals surface area (Å²) < 4.78 is 31.0. The van der Waals surface area contributed by atoms with Gasteiger partial charge < -0.3 is 9.64 Å². The lowest BCUT2D eigenvalue weighted by molar-refractivity contribution is -0.384. The van der Waals surface area contributed by atoms with E-state index in [2.05, 4.69) is 0 Å². The van der Waals surface area contributed by atoms with Crippen molar-refractivity contribution in [3.05, 3.63) is 69.3 Å². The fourth-order valence-electron chi connectivity index (χ4n) is 2.99. The molecule has 146 valence electrons. The Morgan fingerprint density at radius 1 is 1.04 bits per heavy atom. The van der Waals surface area contributed by atoms with E-state index in [4.69, 9.17) is 4.74 Å². The number of Topliss-reactive ketones (excluding diaryl/α,β-unsaturated/α-hetero) is 1. The molecule has 0 aromatic heterocycles. The summed E-state index contributed by atoms with van der Waals surface area (Å²) >= 11 is 0. The minimum Gasteiger partial charge on any atom is -0.454 e. The van der Waals surface area contributed by atoms with Crippen molar-refractivity contribution >= 4 is 23.1 Å². The second-order valence-corrected chi connectivity index (χ2v) is 6.28. The molecule has 9 heteroatoms. The Kier molecular flexibility index (Phi) is 5.62. The lowest BCUT2D eigenvalue weighted by Gasteiger charge is -2.17. The number of hydrogen-bond donors (Lipinski definition) is 0. The predicted octanol–water partition coefficient (Wildman–Crippen LogP) is 3.51. The third kappa shape index (κ3) is 4.13. The highest BCUT2D eigenvalue weighted by molar-refractivity contribution is 5.99. The summed E-state index contributed by atoms with van der Waals surface area (Å²) in [6, 6.07) is 6.57. The average molecular weight is 390 g/mol. The zero-order valence-corrected chi connectivity index (χ0v) is 14.7. The smallest absolute Gasteiger partial charge is 0.338 e. The molecule has 0 radical (unpaired) electrons. The van der Waals surface area contributed by atoms with Gasteiger partial charge in [-0.3, -0.25) is 14.9 Å². The van der Waals surface area contributed by atoms with Crippen LogP contribution in [0.3, 0.4) is 0 Å². The molecule has 1 fully saturated rings. The van der Waals surface area contributed by atoms with E-state index in [9.17, 15) is 28.5 Å². The van der Waals surface area contributed by atoms with Gasteiger partial charge in [0.15, 0.2) is 24.0 Å². The van der Waals surface area contributed by atoms with Gasteiger partial charge in [0.2, 0.25) is 0 Å². The minimum absolute atomic E-state index is 0.0762. The van der Waals surface area contributed by atoms with Crippen molar-refractivity contribution in [2.24, 2.45) is 0 Å². The van der Waals surface area contributed by atoms with Crippen LogP contribution in [0.15, 0.2) is 36.4 Å². The first-order valence-electron chi connectivity index (χ1n) is 8.55. The number of esters is 1. The van der Waals surface area contributed by atoms with Gasteiger partial charge in [-0.15, -0.1) is 0 Å². The van der Waals surface area contributed by atoms with Gasteiger partial charge in [-0.05, 0) is 43.2 Å². The number of rotatable bonds is 6. The van der Waals surface area contributed by atoms with Crippen LogP contribution in [0.1, 0.15) is 33.6 Å². The molecule has 28 heavy (non-hydrogen) atoms. The Balaban J connectivity index is 1.71. The first-order valence-corrected chi connectivity index (χ1v) is 8.55. The quantitative estimate of drug-likeness (QED) is 0.325. The Hall–Kier alpha value is -3.36. The molecular formula is C19H16F2N2O5. The number of nitrogens with zero attached hydrogens (tertiary/aromatic N) is 2. The molecule has 2 aromatic carbocycles. The van der Waals surface area contributed by atoms with Crippen LogP contribution in [0.4, 0.5) is 20.2 Å². The topological polar surface area (TPSA) is 89.8 Å². The number of ketones is 1. The normalized spacial score (nSPS) is 13.4. The van der Waals surface area contributed by atoms with Crippen molar-refractivity contribution in [1.29, 1.82) is 0 Å². The maximum Gasteiger partial charge on any atom is 0.338 e. The van der Waals surface area contributed by atoms with Crippen LogP contribution in [-0.2, 0) is 4.74 Å². The second-order valence-electron chi connectivity index (χ2n) is 6.28. The maximum absolute atomic E-state index is 13.2. The van der Waals surface area contributed by atoms with E-state index < -0.39 is 34.9 Å². The van der Waals surface area contributed by atoms with Crippen molar-refractivity contribution in [3.8, 4) is 0 Å². The van der Waals surface area contributed by atoms with E-state index in [1.165, 1.54) is 12.1 Å². The van der Waals surface area contributed by atoms with Crippen LogP contribution in [0.2, 0.25) is 0 Å². The summed E-state index contributed by atoms with van der Waals surface area (Å²) in [6.45, 7) is 0.701. The second kappa shape index (κ2) is 8.12. The molecule has 0 amide bonds. The molecule has 0 saturated carbocycles. The van der Waals surface area contributed by atoms with Crippen molar-refractivity contribution < 1.29 is 28.0 Å². The number of carbonyl (C=O) groups excluding carboxylic acids is 2. The van der Waals surface area contributed by atoms with Gasteiger partial charge in [0.1, 0.15) is 5.69 Å². The number of hydrogen-bond acceptors (Lipinski definition) is 6. The summed E-state index contributed by atoms with van der Waals surface area (Å²) in [4.78, 5) is 36.8. The Morgan fingerprint density at radius 2 is 1.71 bits per heavy atom. The molecule has 1 heterocycles. The van der Waals surface area contributed by atoms with Gasteiger partial charge in [0.25, 0.3) is 5.69 Å². The number of halogens is 2. The molecule has 1 saturated heterocycles. The molecule has 1 aliphatic heterocycles. The number of anilines is 1. The van der Waals surface area contributed by atoms with E-state index in [1.807, 2.05) is 4.90 Å². The fourth-order valence-corrected chi connectivity index (χ4v) is 2.99. The summed E-state index contributed by atoms with van der Waals surface area (Å²) in [5.74, 6) is -3.94. The molecule has 3 rings (SSSR count). The number of ether oxygens (including phenoxy) is 1. The Morgan fingerprint density at radius 3 is 2.36 bits per heavy atom. The number of nitro groups is 1. The molecular weight excluding hydrogens is 374 g/mol. The van der Waals surface area contributed by atoms with Gasteiger partial charge in [-0.1, -0.05) is 0 Å². The van der Waals surface area contributed by atoms with E-state index in [0.717, 1.165) is 31.0 Å². The van der Waals surface area contributed by atoms with Crippen LogP contribution >= 0.6 is 0 Å². The zero-order valence-electron chi connectivity index (χ0n) is 14.7. The van der Waals surface area contributed by atoms with E-state index in [-0.39, 0.29) is 16.8 Å². The van der Waals surface area contributed by atoms with E-state index in [0.29, 0.717) is 24.8 Å². The molecule has 2 aromatic rings. The van der Waals surface area contributed by atoms with Crippen molar-refractivity contribution in [3.63, 3.8) is 0 Å². The summed E-state index contributed by atoms with van der Waals surface area (Å²) in [6.07, 6.45) is 1.88. The van der Waals surface area contributed by atoms with Crippen LogP contribution < -0.4 is 4.90 Å². The van der Waals surface area contributed by atoms with Crippen LogP contribution in [0.25, 0.3) is 0 Å². The van der Waals surface area contributed by atoms with E-state index >= 15 is 0 Å². The number of benzene rings is 2. The summed E-state index contributed by atoms with van der Waals surface area (Å²) in [5, 5.41) is 11.4. The lowest BCUT2D eigenvalue weighted by atomic mass is 10.1. The van der Waals surface area contributed by atoms with Crippen LogP contribution in [0, 0.1) is 21.7 Å². The lowest BCUT2D eigenvalue weighted by Crippen LogP contribution is -2.19. The highest BCUT2D eigenvalue weighted by Gasteiger charge is 2.24. The van der Waals surface area contributed by atoms with Gasteiger partial charge in [-0.2, -0.15) is 0 Å². The fraction of sp³-hybridized carbons (Fsp3) is 0.263. The molecule has 0 atom stereocenters. The van der Waals surface area contributed by atoms with E-state index in [1.54, 1.807) is 0 Å². The molecule has 0 aliphatic carbocycles. The maximum atomic E-state index is 13.2. The minimum atomic E-state index is -1.19.